The maximum Gasteiger partial charge on any atom is 0.414 e. The largest absolute Gasteiger partial charge is 0.481 e. The summed E-state index contributed by atoms with van der Waals surface area (Å²) >= 11 is 0. The Kier molecular flexibility index (Phi) is 7.62. The summed E-state index contributed by atoms with van der Waals surface area (Å²) in [5.41, 5.74) is 0.663. The minimum absolute atomic E-state index is 0.0125. The van der Waals surface area contributed by atoms with Crippen LogP contribution in [0.25, 0.3) is 0 Å². The molecule has 0 radical (unpaired) electrons. The van der Waals surface area contributed by atoms with Gasteiger partial charge in [0.1, 0.15) is 17.7 Å². The molecule has 1 atom stereocenters. The molecule has 1 aromatic rings. The summed E-state index contributed by atoms with van der Waals surface area (Å²) in [4.78, 5) is 54.5. The second-order valence-corrected chi connectivity index (χ2v) is 7.70. The van der Waals surface area contributed by atoms with Gasteiger partial charge in [0, 0.05) is 25.9 Å². The van der Waals surface area contributed by atoms with Gasteiger partial charge in [-0.2, -0.15) is 0 Å². The molecular formula is C21H26FN3O7. The first-order valence-corrected chi connectivity index (χ1v) is 10.4. The van der Waals surface area contributed by atoms with E-state index in [9.17, 15) is 23.6 Å². The van der Waals surface area contributed by atoms with Crippen LogP contribution in [0.1, 0.15) is 32.6 Å². The van der Waals surface area contributed by atoms with Crippen LogP contribution in [0.2, 0.25) is 0 Å². The Bertz CT molecular complexity index is 894. The highest BCUT2D eigenvalue weighted by Crippen LogP contribution is 2.29. The van der Waals surface area contributed by atoms with Crippen molar-refractivity contribution >= 4 is 35.1 Å². The van der Waals surface area contributed by atoms with Gasteiger partial charge in [-0.05, 0) is 31.5 Å². The number of carboxylic acid groups (broad SMARTS) is 1. The van der Waals surface area contributed by atoms with Crippen molar-refractivity contribution in [3.05, 3.63) is 24.0 Å². The summed E-state index contributed by atoms with van der Waals surface area (Å²) in [5, 5.41) is 9.83. The number of ketones is 1. The van der Waals surface area contributed by atoms with Crippen molar-refractivity contribution in [1.29, 1.82) is 0 Å². The Balaban J connectivity index is 1.61. The fourth-order valence-electron chi connectivity index (χ4n) is 3.59. The number of hydroxylamine groups is 2. The van der Waals surface area contributed by atoms with Gasteiger partial charge in [-0.1, -0.05) is 0 Å². The molecule has 0 saturated carbocycles. The number of Topliss-reactive ketones (excluding diaryl/α,β-unsaturated/α-hetero) is 1. The number of hydrogen-bond acceptors (Lipinski definition) is 7. The molecule has 2 aliphatic rings. The van der Waals surface area contributed by atoms with Crippen molar-refractivity contribution < 1.29 is 38.2 Å². The number of carbonyl (C=O) groups excluding carboxylic acids is 3. The SMILES string of the molecule is CC(=O)CC[C@H]1CN(c2ccc(N3CCON(C(=O)CCC(=O)O)CC3)c(F)c2)C(=O)O1. The molecule has 2 heterocycles. The molecule has 0 aromatic heterocycles. The normalized spacial score (nSPS) is 19.0. The van der Waals surface area contributed by atoms with E-state index >= 15 is 0 Å². The lowest BCUT2D eigenvalue weighted by Gasteiger charge is -2.24. The predicted molar refractivity (Wildman–Crippen MR) is 111 cm³/mol. The van der Waals surface area contributed by atoms with Gasteiger partial charge in [-0.3, -0.25) is 19.3 Å². The first-order chi connectivity index (χ1) is 15.2. The second-order valence-electron chi connectivity index (χ2n) is 7.70. The molecule has 2 aliphatic heterocycles. The smallest absolute Gasteiger partial charge is 0.414 e. The second kappa shape index (κ2) is 10.4. The van der Waals surface area contributed by atoms with Crippen molar-refractivity contribution in [3.8, 4) is 0 Å². The van der Waals surface area contributed by atoms with Gasteiger partial charge in [-0.15, -0.1) is 0 Å². The zero-order valence-electron chi connectivity index (χ0n) is 17.8. The zero-order chi connectivity index (χ0) is 23.3. The Morgan fingerprint density at radius 3 is 2.62 bits per heavy atom. The predicted octanol–water partition coefficient (Wildman–Crippen LogP) is 1.97. The minimum atomic E-state index is -1.07. The maximum absolute atomic E-state index is 14.9. The Morgan fingerprint density at radius 2 is 1.94 bits per heavy atom. The topological polar surface area (TPSA) is 117 Å². The minimum Gasteiger partial charge on any atom is -0.481 e. The standard InChI is InChI=1S/C21H26FN3O7/c1-14(26)2-4-16-13-24(21(30)32-16)15-3-5-18(17(22)12-15)23-8-9-25(31-11-10-23)19(27)6-7-20(28)29/h3,5,12,16H,2,4,6-11,13H2,1H3,(H,28,29)/t16-/m0/s1. The zero-order valence-corrected chi connectivity index (χ0v) is 17.8. The summed E-state index contributed by atoms with van der Waals surface area (Å²) in [6.45, 7) is 2.65. The maximum atomic E-state index is 14.9. The highest BCUT2D eigenvalue weighted by atomic mass is 19.1. The van der Waals surface area contributed by atoms with Crippen molar-refractivity contribution in [2.24, 2.45) is 0 Å². The number of benzene rings is 1. The number of rotatable bonds is 8. The van der Waals surface area contributed by atoms with Crippen molar-refractivity contribution in [1.82, 2.24) is 5.06 Å². The van der Waals surface area contributed by atoms with E-state index < -0.39 is 29.9 Å². The Morgan fingerprint density at radius 1 is 1.16 bits per heavy atom. The van der Waals surface area contributed by atoms with Crippen molar-refractivity contribution in [2.45, 2.75) is 38.7 Å². The highest BCUT2D eigenvalue weighted by Gasteiger charge is 2.33. The lowest BCUT2D eigenvalue weighted by Crippen LogP contribution is -2.34. The number of ether oxygens (including phenoxy) is 1. The van der Waals surface area contributed by atoms with Gasteiger partial charge < -0.3 is 19.5 Å². The van der Waals surface area contributed by atoms with E-state index in [0.29, 0.717) is 37.3 Å². The quantitative estimate of drug-likeness (QED) is 0.638. The summed E-state index contributed by atoms with van der Waals surface area (Å²) in [7, 11) is 0. The number of amides is 2. The number of carbonyl (C=O) groups is 4. The van der Waals surface area contributed by atoms with Crippen LogP contribution in [0, 0.1) is 5.82 Å². The van der Waals surface area contributed by atoms with Crippen molar-refractivity contribution in [2.75, 3.05) is 42.6 Å². The van der Waals surface area contributed by atoms with E-state index in [1.807, 2.05) is 0 Å². The highest BCUT2D eigenvalue weighted by molar-refractivity contribution is 5.90. The molecule has 2 amide bonds. The van der Waals surface area contributed by atoms with Crippen molar-refractivity contribution in [3.63, 3.8) is 0 Å². The van der Waals surface area contributed by atoms with Crippen LogP contribution in [0.4, 0.5) is 20.6 Å². The number of halogens is 1. The molecule has 11 heteroatoms. The Labute approximate surface area is 184 Å². The number of anilines is 2. The van der Waals surface area contributed by atoms with Crippen LogP contribution in [0.5, 0.6) is 0 Å². The van der Waals surface area contributed by atoms with E-state index in [0.717, 1.165) is 5.06 Å². The van der Waals surface area contributed by atoms with E-state index in [4.69, 9.17) is 14.7 Å². The lowest BCUT2D eigenvalue weighted by atomic mass is 10.1. The lowest BCUT2D eigenvalue weighted by molar-refractivity contribution is -0.182. The van der Waals surface area contributed by atoms with E-state index in [1.165, 1.54) is 17.9 Å². The summed E-state index contributed by atoms with van der Waals surface area (Å²) < 4.78 is 20.2. The molecular weight excluding hydrogens is 425 g/mol. The third-order valence-corrected chi connectivity index (χ3v) is 5.29. The molecule has 10 nitrogen and oxygen atoms in total. The third-order valence-electron chi connectivity index (χ3n) is 5.29. The molecule has 1 aromatic carbocycles. The van der Waals surface area contributed by atoms with Crippen LogP contribution in [-0.2, 0) is 24.0 Å². The molecule has 0 bridgehead atoms. The van der Waals surface area contributed by atoms with Crippen LogP contribution in [0.15, 0.2) is 18.2 Å². The molecule has 1 N–H and O–H groups in total. The average molecular weight is 451 g/mol. The van der Waals surface area contributed by atoms with E-state index in [2.05, 4.69) is 0 Å². The fourth-order valence-corrected chi connectivity index (χ4v) is 3.59. The van der Waals surface area contributed by atoms with Crippen LogP contribution in [-0.4, -0.2) is 72.8 Å². The third kappa shape index (κ3) is 5.94. The molecule has 0 spiro atoms. The van der Waals surface area contributed by atoms with Gasteiger partial charge in [-0.25, -0.2) is 14.2 Å². The van der Waals surface area contributed by atoms with Crippen LogP contribution < -0.4 is 9.80 Å². The summed E-state index contributed by atoms with van der Waals surface area (Å²) in [6, 6.07) is 4.43. The van der Waals surface area contributed by atoms with Crippen LogP contribution in [0.3, 0.4) is 0 Å². The molecule has 32 heavy (non-hydrogen) atoms. The van der Waals surface area contributed by atoms with Crippen LogP contribution >= 0.6 is 0 Å². The van der Waals surface area contributed by atoms with Gasteiger partial charge in [0.15, 0.2) is 0 Å². The summed E-state index contributed by atoms with van der Waals surface area (Å²) in [5.74, 6) is -2.02. The van der Waals surface area contributed by atoms with E-state index in [1.54, 1.807) is 17.0 Å². The molecule has 2 fully saturated rings. The molecule has 0 unspecified atom stereocenters. The van der Waals surface area contributed by atoms with Gasteiger partial charge in [0.25, 0.3) is 0 Å². The number of cyclic esters (lactones) is 1. The monoisotopic (exact) mass is 451 g/mol. The molecule has 3 rings (SSSR count). The first-order valence-electron chi connectivity index (χ1n) is 10.4. The van der Waals surface area contributed by atoms with Gasteiger partial charge in [0.05, 0.1) is 37.5 Å². The first kappa shape index (κ1) is 23.5. The molecule has 0 aliphatic carbocycles. The van der Waals surface area contributed by atoms with Gasteiger partial charge in [0.2, 0.25) is 5.91 Å². The van der Waals surface area contributed by atoms with Gasteiger partial charge >= 0.3 is 12.1 Å². The number of hydrogen-bond donors (Lipinski definition) is 1. The number of nitrogens with zero attached hydrogens (tertiary/aromatic N) is 3. The fraction of sp³-hybridized carbons (Fsp3) is 0.524. The van der Waals surface area contributed by atoms with E-state index in [-0.39, 0.29) is 38.3 Å². The molecule has 2 saturated heterocycles. The number of aliphatic carboxylic acids is 1. The summed E-state index contributed by atoms with van der Waals surface area (Å²) in [6.07, 6.45) is -0.712. The average Bonchev–Trinajstić information content (AvgIpc) is 2.94. The number of carboxylic acids is 1. The molecule has 174 valence electrons. The Hall–Kier alpha value is -3.21.